The fraction of sp³-hybridized carbons (Fsp3) is 0.182. The lowest BCUT2D eigenvalue weighted by molar-refractivity contribution is 0.799. The number of hydrogen-bond acceptors (Lipinski definition) is 3. The highest BCUT2D eigenvalue weighted by atomic mass is 32.1. The quantitative estimate of drug-likeness (QED) is 0.392. The lowest BCUT2D eigenvalue weighted by Gasteiger charge is -2.00. The number of rotatable bonds is 3. The maximum Gasteiger partial charge on any atom is 0.109 e. The van der Waals surface area contributed by atoms with E-state index in [1.54, 1.807) is 0 Å². The molecule has 0 unspecified atom stereocenters. The van der Waals surface area contributed by atoms with E-state index in [9.17, 15) is 0 Å². The first-order valence-corrected chi connectivity index (χ1v) is 9.94. The van der Waals surface area contributed by atoms with Gasteiger partial charge in [0.1, 0.15) is 11.6 Å². The van der Waals surface area contributed by atoms with Gasteiger partial charge in [-0.1, -0.05) is 38.1 Å². The predicted molar refractivity (Wildman–Crippen MR) is 113 cm³/mol. The number of H-pyrrole nitrogens is 2. The molecule has 0 aliphatic rings. The minimum absolute atomic E-state index is 0.406. The zero-order valence-electron chi connectivity index (χ0n) is 15.5. The van der Waals surface area contributed by atoms with Crippen LogP contribution >= 0.6 is 11.3 Å². The Kier molecular flexibility index (Phi) is 3.65. The Bertz CT molecular complexity index is 1200. The van der Waals surface area contributed by atoms with Crippen LogP contribution in [0.1, 0.15) is 31.4 Å². The van der Waals surface area contributed by atoms with Crippen LogP contribution in [-0.4, -0.2) is 19.9 Å². The smallest absolute Gasteiger partial charge is 0.109 e. The van der Waals surface area contributed by atoms with Gasteiger partial charge in [-0.15, -0.1) is 11.3 Å². The molecule has 0 atom stereocenters. The first-order valence-electron chi connectivity index (χ1n) is 9.12. The predicted octanol–water partition coefficient (Wildman–Crippen LogP) is 6.27. The fourth-order valence-corrected chi connectivity index (χ4v) is 4.44. The van der Waals surface area contributed by atoms with E-state index < -0.39 is 0 Å². The Morgan fingerprint density at radius 1 is 0.963 bits per heavy atom. The van der Waals surface area contributed by atoms with Crippen LogP contribution in [0.5, 0.6) is 0 Å². The summed E-state index contributed by atoms with van der Waals surface area (Å²) in [5, 5.41) is 1.26. The van der Waals surface area contributed by atoms with Crippen molar-refractivity contribution in [2.75, 3.05) is 0 Å². The third-order valence-electron chi connectivity index (χ3n) is 4.87. The molecule has 3 heterocycles. The summed E-state index contributed by atoms with van der Waals surface area (Å²) in [6, 6.07) is 15.3. The van der Waals surface area contributed by atoms with Crippen LogP contribution < -0.4 is 0 Å². The molecule has 5 heteroatoms. The van der Waals surface area contributed by atoms with Crippen LogP contribution in [-0.2, 0) is 0 Å². The zero-order valence-corrected chi connectivity index (χ0v) is 16.3. The molecular formula is C22H20N4S. The highest BCUT2D eigenvalue weighted by Gasteiger charge is 2.11. The van der Waals surface area contributed by atoms with E-state index in [1.807, 2.05) is 24.5 Å². The minimum Gasteiger partial charge on any atom is -0.342 e. The average Bonchev–Trinajstić information content (AvgIpc) is 3.36. The monoisotopic (exact) mass is 372 g/mol. The molecule has 0 saturated heterocycles. The van der Waals surface area contributed by atoms with Crippen LogP contribution in [0.4, 0.5) is 0 Å². The van der Waals surface area contributed by atoms with E-state index in [-0.39, 0.29) is 0 Å². The molecule has 0 aliphatic heterocycles. The van der Waals surface area contributed by atoms with Crippen LogP contribution in [0.15, 0.2) is 48.7 Å². The Morgan fingerprint density at radius 2 is 1.74 bits per heavy atom. The van der Waals surface area contributed by atoms with Gasteiger partial charge < -0.3 is 9.97 Å². The van der Waals surface area contributed by atoms with Gasteiger partial charge in [-0.05, 0) is 41.6 Å². The van der Waals surface area contributed by atoms with Crippen molar-refractivity contribution in [1.29, 1.82) is 0 Å². The van der Waals surface area contributed by atoms with Crippen molar-refractivity contribution in [2.24, 2.45) is 0 Å². The highest BCUT2D eigenvalue weighted by Crippen LogP contribution is 2.36. The van der Waals surface area contributed by atoms with E-state index in [2.05, 4.69) is 71.3 Å². The summed E-state index contributed by atoms with van der Waals surface area (Å²) in [4.78, 5) is 17.0. The Balaban J connectivity index is 1.52. The van der Waals surface area contributed by atoms with Gasteiger partial charge in [0.15, 0.2) is 0 Å². The lowest BCUT2D eigenvalue weighted by atomic mass is 10.1. The van der Waals surface area contributed by atoms with Crippen LogP contribution in [0.3, 0.4) is 0 Å². The second-order valence-corrected chi connectivity index (χ2v) is 8.34. The molecule has 0 saturated carbocycles. The van der Waals surface area contributed by atoms with Gasteiger partial charge in [0.2, 0.25) is 0 Å². The number of nitrogens with zero attached hydrogens (tertiary/aromatic N) is 2. The van der Waals surface area contributed by atoms with Crippen molar-refractivity contribution in [1.82, 2.24) is 19.9 Å². The summed E-state index contributed by atoms with van der Waals surface area (Å²) < 4.78 is 1.27. The molecule has 2 N–H and O–H groups in total. The van der Waals surface area contributed by atoms with E-state index >= 15 is 0 Å². The van der Waals surface area contributed by atoms with Gasteiger partial charge >= 0.3 is 0 Å². The molecule has 0 radical (unpaired) electrons. The van der Waals surface area contributed by atoms with Crippen molar-refractivity contribution in [3.05, 3.63) is 60.3 Å². The number of aryl methyl sites for hydroxylation is 1. The Morgan fingerprint density at radius 3 is 2.44 bits per heavy atom. The topological polar surface area (TPSA) is 57.4 Å². The SMILES string of the molecule is Cc1ncc(-c2ccc(-c3cc4cc5[nH]c(C(C)C)nc5cc4s3)cc2)[nH]1. The summed E-state index contributed by atoms with van der Waals surface area (Å²) in [7, 11) is 0. The molecule has 4 nitrogen and oxygen atoms in total. The number of thiophene rings is 1. The van der Waals surface area contributed by atoms with Crippen LogP contribution in [0.25, 0.3) is 42.8 Å². The lowest BCUT2D eigenvalue weighted by Crippen LogP contribution is -1.88. The molecule has 0 bridgehead atoms. The molecule has 134 valence electrons. The largest absolute Gasteiger partial charge is 0.342 e. The molecule has 0 spiro atoms. The van der Waals surface area contributed by atoms with Crippen LogP contribution in [0, 0.1) is 6.92 Å². The molecule has 5 rings (SSSR count). The second-order valence-electron chi connectivity index (χ2n) is 7.25. The molecule has 3 aromatic heterocycles. The molecule has 0 amide bonds. The fourth-order valence-electron chi connectivity index (χ4n) is 3.36. The van der Waals surface area contributed by atoms with Crippen LogP contribution in [0.2, 0.25) is 0 Å². The number of fused-ring (bicyclic) bond motifs is 2. The maximum absolute atomic E-state index is 4.73. The van der Waals surface area contributed by atoms with Gasteiger partial charge in [-0.3, -0.25) is 0 Å². The normalized spacial score (nSPS) is 11.9. The number of aromatic nitrogens is 4. The van der Waals surface area contributed by atoms with Crippen molar-refractivity contribution in [3.63, 3.8) is 0 Å². The average molecular weight is 372 g/mol. The van der Waals surface area contributed by atoms with E-state index in [0.717, 1.165) is 33.9 Å². The number of hydrogen-bond donors (Lipinski definition) is 2. The number of benzene rings is 2. The van der Waals surface area contributed by atoms with Crippen molar-refractivity contribution in [3.8, 4) is 21.7 Å². The molecule has 0 fully saturated rings. The van der Waals surface area contributed by atoms with E-state index in [0.29, 0.717) is 5.92 Å². The Labute approximate surface area is 161 Å². The molecule has 2 aromatic carbocycles. The third-order valence-corrected chi connectivity index (χ3v) is 6.02. The first kappa shape index (κ1) is 16.3. The number of nitrogens with one attached hydrogen (secondary N) is 2. The first-order chi connectivity index (χ1) is 13.1. The molecule has 0 aliphatic carbocycles. The van der Waals surface area contributed by atoms with E-state index in [4.69, 9.17) is 4.98 Å². The molecule has 27 heavy (non-hydrogen) atoms. The summed E-state index contributed by atoms with van der Waals surface area (Å²) in [5.41, 5.74) is 5.59. The summed E-state index contributed by atoms with van der Waals surface area (Å²) >= 11 is 1.81. The molecule has 5 aromatic rings. The van der Waals surface area contributed by atoms with Crippen molar-refractivity contribution < 1.29 is 0 Å². The summed E-state index contributed by atoms with van der Waals surface area (Å²) in [5.74, 6) is 2.39. The molecular weight excluding hydrogens is 352 g/mol. The number of aromatic amines is 2. The summed E-state index contributed by atoms with van der Waals surface area (Å²) in [6.45, 7) is 6.29. The second kappa shape index (κ2) is 6.06. The van der Waals surface area contributed by atoms with Gasteiger partial charge in [-0.25, -0.2) is 9.97 Å². The van der Waals surface area contributed by atoms with Gasteiger partial charge in [0.25, 0.3) is 0 Å². The van der Waals surface area contributed by atoms with Gasteiger partial charge in [-0.2, -0.15) is 0 Å². The zero-order chi connectivity index (χ0) is 18.5. The highest BCUT2D eigenvalue weighted by molar-refractivity contribution is 7.22. The van der Waals surface area contributed by atoms with Gasteiger partial charge in [0.05, 0.1) is 22.9 Å². The van der Waals surface area contributed by atoms with Gasteiger partial charge in [0, 0.05) is 15.5 Å². The van der Waals surface area contributed by atoms with Crippen molar-refractivity contribution >= 4 is 32.5 Å². The minimum atomic E-state index is 0.406. The van der Waals surface area contributed by atoms with Crippen molar-refractivity contribution in [2.45, 2.75) is 26.7 Å². The third kappa shape index (κ3) is 2.84. The Hall–Kier alpha value is -2.92. The van der Waals surface area contributed by atoms with E-state index in [1.165, 1.54) is 20.5 Å². The standard InChI is InChI=1S/C22H20N4S/c1-12(2)22-25-17-8-16-9-20(27-21(16)10-18(17)26-22)15-6-4-14(5-7-15)19-11-23-13(3)24-19/h4-12H,1-3H3,(H,23,24)(H,25,26). The summed E-state index contributed by atoms with van der Waals surface area (Å²) in [6.07, 6.45) is 1.88. The number of imidazole rings is 2. The maximum atomic E-state index is 4.73.